The van der Waals surface area contributed by atoms with Gasteiger partial charge in [-0.15, -0.1) is 11.8 Å². The second-order valence-electron chi connectivity index (χ2n) is 4.25. The third-order valence-electron chi connectivity index (χ3n) is 2.46. The number of carbonyl (C=O) groups is 2. The summed E-state index contributed by atoms with van der Waals surface area (Å²) in [5.41, 5.74) is 0.749. The number of ether oxygens (including phenoxy) is 1. The molecule has 5 nitrogen and oxygen atoms in total. The van der Waals surface area contributed by atoms with Gasteiger partial charge in [0.1, 0.15) is 0 Å². The number of hydrogen-bond donors (Lipinski definition) is 2. The monoisotopic (exact) mass is 296 g/mol. The zero-order valence-electron chi connectivity index (χ0n) is 11.9. The van der Waals surface area contributed by atoms with Crippen LogP contribution in [0.4, 0.5) is 5.69 Å². The van der Waals surface area contributed by atoms with E-state index < -0.39 is 0 Å². The van der Waals surface area contributed by atoms with Gasteiger partial charge in [0.15, 0.2) is 0 Å². The van der Waals surface area contributed by atoms with E-state index in [-0.39, 0.29) is 17.1 Å². The molecule has 0 unspecified atom stereocenters. The molecule has 1 atom stereocenters. The Morgan fingerprint density at radius 1 is 1.30 bits per heavy atom. The van der Waals surface area contributed by atoms with Crippen molar-refractivity contribution in [2.75, 3.05) is 25.6 Å². The fourth-order valence-corrected chi connectivity index (χ4v) is 2.39. The molecule has 0 aliphatic carbocycles. The highest BCUT2D eigenvalue weighted by Crippen LogP contribution is 2.24. The Labute approximate surface area is 123 Å². The highest BCUT2D eigenvalue weighted by atomic mass is 32.2. The standard InChI is InChI=1S/C14H20N2O3S/c1-10(14(18)15-8-9-19-3)20-13-6-4-12(5-7-13)16-11(2)17/h4-7,10H,8-9H2,1-3H3,(H,15,18)(H,16,17)/t10-/m0/s1. The SMILES string of the molecule is COCCNC(=O)[C@H](C)Sc1ccc(NC(C)=O)cc1. The second-order valence-corrected chi connectivity index (χ2v) is 5.66. The zero-order valence-corrected chi connectivity index (χ0v) is 12.8. The van der Waals surface area contributed by atoms with Crippen LogP contribution in [0.25, 0.3) is 0 Å². The molecule has 0 heterocycles. The van der Waals surface area contributed by atoms with Gasteiger partial charge in [-0.25, -0.2) is 0 Å². The van der Waals surface area contributed by atoms with Crippen molar-refractivity contribution in [3.63, 3.8) is 0 Å². The number of benzene rings is 1. The predicted molar refractivity (Wildman–Crippen MR) is 81.0 cm³/mol. The Hall–Kier alpha value is -1.53. The first-order chi connectivity index (χ1) is 9.52. The molecule has 0 saturated carbocycles. The lowest BCUT2D eigenvalue weighted by molar-refractivity contribution is -0.120. The van der Waals surface area contributed by atoms with Crippen LogP contribution in [0.5, 0.6) is 0 Å². The first-order valence-electron chi connectivity index (χ1n) is 6.34. The van der Waals surface area contributed by atoms with E-state index in [2.05, 4.69) is 10.6 Å². The number of methoxy groups -OCH3 is 1. The molecule has 0 aliphatic heterocycles. The molecular weight excluding hydrogens is 276 g/mol. The molecule has 0 fully saturated rings. The Balaban J connectivity index is 2.47. The summed E-state index contributed by atoms with van der Waals surface area (Å²) in [7, 11) is 1.60. The summed E-state index contributed by atoms with van der Waals surface area (Å²) in [5, 5.41) is 5.32. The van der Waals surface area contributed by atoms with Gasteiger partial charge in [-0.2, -0.15) is 0 Å². The van der Waals surface area contributed by atoms with Crippen LogP contribution in [-0.2, 0) is 14.3 Å². The van der Waals surface area contributed by atoms with Crippen LogP contribution in [0.3, 0.4) is 0 Å². The van der Waals surface area contributed by atoms with Crippen LogP contribution in [0.1, 0.15) is 13.8 Å². The lowest BCUT2D eigenvalue weighted by Gasteiger charge is -2.12. The number of carbonyl (C=O) groups excluding carboxylic acids is 2. The largest absolute Gasteiger partial charge is 0.383 e. The molecule has 1 aromatic rings. The predicted octanol–water partition coefficient (Wildman–Crippen LogP) is 1.89. The minimum absolute atomic E-state index is 0.0158. The molecule has 1 aromatic carbocycles. The second kappa shape index (κ2) is 8.60. The van der Waals surface area contributed by atoms with E-state index in [1.807, 2.05) is 31.2 Å². The average Bonchev–Trinajstić information content (AvgIpc) is 2.40. The fraction of sp³-hybridized carbons (Fsp3) is 0.429. The van der Waals surface area contributed by atoms with E-state index in [4.69, 9.17) is 4.74 Å². The first kappa shape index (κ1) is 16.5. The maximum atomic E-state index is 11.8. The summed E-state index contributed by atoms with van der Waals surface area (Å²) in [4.78, 5) is 23.7. The number of nitrogens with one attached hydrogen (secondary N) is 2. The number of anilines is 1. The van der Waals surface area contributed by atoms with E-state index in [1.54, 1.807) is 7.11 Å². The van der Waals surface area contributed by atoms with Crippen molar-refractivity contribution in [3.8, 4) is 0 Å². The van der Waals surface area contributed by atoms with Crippen molar-refractivity contribution in [1.29, 1.82) is 0 Å². The van der Waals surface area contributed by atoms with Crippen LogP contribution < -0.4 is 10.6 Å². The van der Waals surface area contributed by atoms with Gasteiger partial charge in [0, 0.05) is 31.2 Å². The fourth-order valence-electron chi connectivity index (χ4n) is 1.50. The molecule has 0 spiro atoms. The Kier molecular flexibility index (Phi) is 7.11. The van der Waals surface area contributed by atoms with Crippen LogP contribution in [0.2, 0.25) is 0 Å². The third kappa shape index (κ3) is 6.08. The Morgan fingerprint density at radius 2 is 1.95 bits per heavy atom. The minimum atomic E-state index is -0.182. The molecule has 0 radical (unpaired) electrons. The molecule has 110 valence electrons. The summed E-state index contributed by atoms with van der Waals surface area (Å²) in [6.45, 7) is 4.35. The van der Waals surface area contributed by atoms with Crippen molar-refractivity contribution in [2.45, 2.75) is 24.0 Å². The summed E-state index contributed by atoms with van der Waals surface area (Å²) in [5.74, 6) is -0.116. The van der Waals surface area contributed by atoms with Crippen molar-refractivity contribution in [1.82, 2.24) is 5.32 Å². The molecule has 0 bridgehead atoms. The van der Waals surface area contributed by atoms with Crippen LogP contribution >= 0.6 is 11.8 Å². The van der Waals surface area contributed by atoms with Crippen molar-refractivity contribution in [2.24, 2.45) is 0 Å². The van der Waals surface area contributed by atoms with Gasteiger partial charge >= 0.3 is 0 Å². The van der Waals surface area contributed by atoms with E-state index in [1.165, 1.54) is 18.7 Å². The van der Waals surface area contributed by atoms with Gasteiger partial charge < -0.3 is 15.4 Å². The lowest BCUT2D eigenvalue weighted by Crippen LogP contribution is -2.33. The highest BCUT2D eigenvalue weighted by molar-refractivity contribution is 8.00. The molecule has 2 amide bonds. The number of hydrogen-bond acceptors (Lipinski definition) is 4. The molecule has 1 rings (SSSR count). The Morgan fingerprint density at radius 3 is 2.50 bits per heavy atom. The average molecular weight is 296 g/mol. The van der Waals surface area contributed by atoms with Gasteiger partial charge in [0.25, 0.3) is 0 Å². The highest BCUT2D eigenvalue weighted by Gasteiger charge is 2.13. The van der Waals surface area contributed by atoms with Crippen LogP contribution in [0.15, 0.2) is 29.2 Å². The van der Waals surface area contributed by atoms with Gasteiger partial charge in [0.2, 0.25) is 11.8 Å². The maximum absolute atomic E-state index is 11.8. The topological polar surface area (TPSA) is 67.4 Å². The van der Waals surface area contributed by atoms with Crippen LogP contribution in [-0.4, -0.2) is 37.3 Å². The number of thioether (sulfide) groups is 1. The van der Waals surface area contributed by atoms with Gasteiger partial charge in [-0.3, -0.25) is 9.59 Å². The van der Waals surface area contributed by atoms with E-state index in [0.717, 1.165) is 10.6 Å². The quantitative estimate of drug-likeness (QED) is 0.595. The summed E-state index contributed by atoms with van der Waals surface area (Å²) in [6.07, 6.45) is 0. The minimum Gasteiger partial charge on any atom is -0.383 e. The molecule has 0 aromatic heterocycles. The maximum Gasteiger partial charge on any atom is 0.233 e. The van der Waals surface area contributed by atoms with Gasteiger partial charge in [-0.1, -0.05) is 0 Å². The first-order valence-corrected chi connectivity index (χ1v) is 7.22. The molecular formula is C14H20N2O3S. The zero-order chi connectivity index (χ0) is 15.0. The molecule has 2 N–H and O–H groups in total. The normalized spacial score (nSPS) is 11.8. The van der Waals surface area contributed by atoms with Crippen molar-refractivity contribution in [3.05, 3.63) is 24.3 Å². The van der Waals surface area contributed by atoms with Crippen molar-refractivity contribution < 1.29 is 14.3 Å². The van der Waals surface area contributed by atoms with Gasteiger partial charge in [-0.05, 0) is 31.2 Å². The lowest BCUT2D eigenvalue weighted by atomic mass is 10.3. The van der Waals surface area contributed by atoms with E-state index >= 15 is 0 Å². The summed E-state index contributed by atoms with van der Waals surface area (Å²) < 4.78 is 4.88. The smallest absolute Gasteiger partial charge is 0.233 e. The Bertz CT molecular complexity index is 448. The summed E-state index contributed by atoms with van der Waals surface area (Å²) in [6, 6.07) is 7.41. The van der Waals surface area contributed by atoms with E-state index in [0.29, 0.717) is 13.2 Å². The van der Waals surface area contributed by atoms with Crippen molar-refractivity contribution >= 4 is 29.3 Å². The number of amides is 2. The third-order valence-corrected chi connectivity index (χ3v) is 3.57. The van der Waals surface area contributed by atoms with Gasteiger partial charge in [0.05, 0.1) is 11.9 Å². The number of rotatable bonds is 7. The summed E-state index contributed by atoms with van der Waals surface area (Å²) >= 11 is 1.47. The molecule has 0 aliphatic rings. The molecule has 6 heteroatoms. The molecule has 0 saturated heterocycles. The van der Waals surface area contributed by atoms with E-state index in [9.17, 15) is 9.59 Å². The molecule has 20 heavy (non-hydrogen) atoms. The van der Waals surface area contributed by atoms with Crippen LogP contribution in [0, 0.1) is 0 Å².